The van der Waals surface area contributed by atoms with Gasteiger partial charge >= 0.3 is 0 Å². The minimum absolute atomic E-state index is 0.233. The quantitative estimate of drug-likeness (QED) is 0.710. The summed E-state index contributed by atoms with van der Waals surface area (Å²) in [6.07, 6.45) is 3.72. The second-order valence-corrected chi connectivity index (χ2v) is 6.54. The van der Waals surface area contributed by atoms with Gasteiger partial charge in [-0.25, -0.2) is 0 Å². The summed E-state index contributed by atoms with van der Waals surface area (Å²) in [7, 11) is 0. The van der Waals surface area contributed by atoms with E-state index in [1.165, 1.54) is 24.8 Å². The van der Waals surface area contributed by atoms with Crippen LogP contribution in [0.5, 0.6) is 0 Å². The molecule has 1 nitrogen and oxygen atoms in total. The molecule has 0 spiro atoms. The van der Waals surface area contributed by atoms with Gasteiger partial charge < -0.3 is 0 Å². The van der Waals surface area contributed by atoms with E-state index in [2.05, 4.69) is 12.1 Å². The van der Waals surface area contributed by atoms with Crippen LogP contribution in [0.3, 0.4) is 0 Å². The van der Waals surface area contributed by atoms with Crippen molar-refractivity contribution in [2.45, 2.75) is 44.4 Å². The monoisotopic (exact) mass is 278 g/mol. The van der Waals surface area contributed by atoms with Crippen molar-refractivity contribution in [1.29, 1.82) is 0 Å². The Morgan fingerprint density at radius 2 is 1.57 bits per heavy atom. The number of carbonyl (C=O) groups is 1. The molecule has 1 heteroatoms. The lowest BCUT2D eigenvalue weighted by Gasteiger charge is -2.30. The SMILES string of the molecule is CC(C)(C(=O)c1ccccc1C1CCC1)c1ccccc1. The maximum absolute atomic E-state index is 13.1. The number of carbonyl (C=O) groups excluding carboxylic acids is 1. The highest BCUT2D eigenvalue weighted by atomic mass is 16.1. The van der Waals surface area contributed by atoms with E-state index in [4.69, 9.17) is 0 Å². The Labute approximate surface area is 127 Å². The summed E-state index contributed by atoms with van der Waals surface area (Å²) < 4.78 is 0. The van der Waals surface area contributed by atoms with E-state index in [1.54, 1.807) is 0 Å². The summed E-state index contributed by atoms with van der Waals surface area (Å²) in [5.74, 6) is 0.813. The van der Waals surface area contributed by atoms with E-state index in [0.29, 0.717) is 5.92 Å². The minimum Gasteiger partial charge on any atom is -0.293 e. The zero-order valence-electron chi connectivity index (χ0n) is 12.8. The molecule has 0 unspecified atom stereocenters. The van der Waals surface area contributed by atoms with Crippen LogP contribution in [-0.2, 0) is 5.41 Å². The van der Waals surface area contributed by atoms with Crippen LogP contribution in [0.4, 0.5) is 0 Å². The van der Waals surface area contributed by atoms with Crippen LogP contribution in [0.15, 0.2) is 54.6 Å². The fourth-order valence-electron chi connectivity index (χ4n) is 3.10. The standard InChI is InChI=1S/C20H22O/c1-20(2,16-11-4-3-5-12-16)19(21)18-14-7-6-13-17(18)15-9-8-10-15/h3-7,11-15H,8-10H2,1-2H3. The average Bonchev–Trinajstić information content (AvgIpc) is 2.46. The topological polar surface area (TPSA) is 17.1 Å². The Morgan fingerprint density at radius 3 is 2.19 bits per heavy atom. The van der Waals surface area contributed by atoms with Crippen molar-refractivity contribution in [3.05, 3.63) is 71.3 Å². The second-order valence-electron chi connectivity index (χ2n) is 6.54. The summed E-state index contributed by atoms with van der Waals surface area (Å²) in [5, 5.41) is 0. The van der Waals surface area contributed by atoms with Gasteiger partial charge in [0.25, 0.3) is 0 Å². The Morgan fingerprint density at radius 1 is 0.952 bits per heavy atom. The summed E-state index contributed by atoms with van der Waals surface area (Å²) >= 11 is 0. The van der Waals surface area contributed by atoms with Gasteiger partial charge in [-0.3, -0.25) is 4.79 Å². The molecule has 0 heterocycles. The number of hydrogen-bond donors (Lipinski definition) is 0. The van der Waals surface area contributed by atoms with E-state index in [-0.39, 0.29) is 5.78 Å². The van der Waals surface area contributed by atoms with Crippen molar-refractivity contribution in [2.75, 3.05) is 0 Å². The molecule has 3 rings (SSSR count). The molecule has 1 aliphatic carbocycles. The molecule has 0 atom stereocenters. The molecule has 1 saturated carbocycles. The molecule has 21 heavy (non-hydrogen) atoms. The van der Waals surface area contributed by atoms with Crippen LogP contribution in [-0.4, -0.2) is 5.78 Å². The molecule has 0 saturated heterocycles. The maximum atomic E-state index is 13.1. The molecule has 0 aliphatic heterocycles. The van der Waals surface area contributed by atoms with Gasteiger partial charge in [0.2, 0.25) is 0 Å². The zero-order chi connectivity index (χ0) is 14.9. The van der Waals surface area contributed by atoms with E-state index < -0.39 is 5.41 Å². The third-order valence-corrected chi connectivity index (χ3v) is 4.81. The lowest BCUT2D eigenvalue weighted by atomic mass is 9.72. The summed E-state index contributed by atoms with van der Waals surface area (Å²) in [5.41, 5.74) is 2.76. The smallest absolute Gasteiger partial charge is 0.173 e. The van der Waals surface area contributed by atoms with Crippen molar-refractivity contribution in [2.24, 2.45) is 0 Å². The van der Waals surface area contributed by atoms with Gasteiger partial charge in [-0.2, -0.15) is 0 Å². The predicted octanol–water partition coefficient (Wildman–Crippen LogP) is 5.11. The fourth-order valence-corrected chi connectivity index (χ4v) is 3.10. The highest BCUT2D eigenvalue weighted by Crippen LogP contribution is 2.39. The lowest BCUT2D eigenvalue weighted by Crippen LogP contribution is -2.30. The molecule has 1 fully saturated rings. The van der Waals surface area contributed by atoms with E-state index >= 15 is 0 Å². The molecule has 1 aliphatic rings. The molecular weight excluding hydrogens is 256 g/mol. The normalized spacial score (nSPS) is 15.5. The fraction of sp³-hybridized carbons (Fsp3) is 0.350. The Balaban J connectivity index is 1.99. The summed E-state index contributed by atoms with van der Waals surface area (Å²) in [4.78, 5) is 13.1. The third-order valence-electron chi connectivity index (χ3n) is 4.81. The first kappa shape index (κ1) is 14.1. The zero-order valence-corrected chi connectivity index (χ0v) is 12.8. The Hall–Kier alpha value is -1.89. The summed E-state index contributed by atoms with van der Waals surface area (Å²) in [6, 6.07) is 18.3. The van der Waals surface area contributed by atoms with Gasteiger partial charge in [0, 0.05) is 5.56 Å². The van der Waals surface area contributed by atoms with Crippen LogP contribution in [0.25, 0.3) is 0 Å². The first-order valence-electron chi connectivity index (χ1n) is 7.80. The largest absolute Gasteiger partial charge is 0.293 e. The van der Waals surface area contributed by atoms with Crippen molar-refractivity contribution in [1.82, 2.24) is 0 Å². The Kier molecular flexibility index (Phi) is 3.67. The van der Waals surface area contributed by atoms with E-state index in [9.17, 15) is 4.79 Å². The third kappa shape index (κ3) is 2.53. The maximum Gasteiger partial charge on any atom is 0.173 e. The van der Waals surface area contributed by atoms with E-state index in [1.807, 2.05) is 56.3 Å². The van der Waals surface area contributed by atoms with Crippen molar-refractivity contribution < 1.29 is 4.79 Å². The van der Waals surface area contributed by atoms with Crippen LogP contribution < -0.4 is 0 Å². The van der Waals surface area contributed by atoms with Crippen LogP contribution in [0, 0.1) is 0 Å². The number of hydrogen-bond acceptors (Lipinski definition) is 1. The van der Waals surface area contributed by atoms with Gasteiger partial charge in [0.1, 0.15) is 0 Å². The molecule has 0 aromatic heterocycles. The van der Waals surface area contributed by atoms with E-state index in [0.717, 1.165) is 11.1 Å². The van der Waals surface area contributed by atoms with Crippen LogP contribution in [0.1, 0.15) is 60.5 Å². The number of ketones is 1. The first-order valence-corrected chi connectivity index (χ1v) is 7.80. The van der Waals surface area contributed by atoms with Crippen molar-refractivity contribution in [3.63, 3.8) is 0 Å². The Bertz CT molecular complexity index is 636. The molecule has 2 aromatic carbocycles. The average molecular weight is 278 g/mol. The summed E-state index contributed by atoms with van der Waals surface area (Å²) in [6.45, 7) is 4.06. The van der Waals surface area contributed by atoms with Crippen LogP contribution in [0.2, 0.25) is 0 Å². The first-order chi connectivity index (χ1) is 10.1. The minimum atomic E-state index is -0.485. The van der Waals surface area contributed by atoms with Gasteiger partial charge in [-0.1, -0.05) is 61.0 Å². The van der Waals surface area contributed by atoms with Crippen molar-refractivity contribution in [3.8, 4) is 0 Å². The van der Waals surface area contributed by atoms with Gasteiger partial charge in [0.15, 0.2) is 5.78 Å². The number of rotatable bonds is 4. The van der Waals surface area contributed by atoms with Gasteiger partial charge in [-0.15, -0.1) is 0 Å². The van der Waals surface area contributed by atoms with Crippen molar-refractivity contribution >= 4 is 5.78 Å². The van der Waals surface area contributed by atoms with Crippen LogP contribution >= 0.6 is 0 Å². The lowest BCUT2D eigenvalue weighted by molar-refractivity contribution is 0.0906. The molecule has 0 amide bonds. The molecule has 0 radical (unpaired) electrons. The number of Topliss-reactive ketones (excluding diaryl/α,β-unsaturated/α-hetero) is 1. The highest BCUT2D eigenvalue weighted by molar-refractivity contribution is 6.04. The predicted molar refractivity (Wildman–Crippen MR) is 86.8 cm³/mol. The molecular formula is C20H22O. The van der Waals surface area contributed by atoms with Gasteiger partial charge in [-0.05, 0) is 43.7 Å². The second kappa shape index (κ2) is 5.48. The number of benzene rings is 2. The van der Waals surface area contributed by atoms with Gasteiger partial charge in [0.05, 0.1) is 5.41 Å². The molecule has 108 valence electrons. The molecule has 2 aromatic rings. The molecule has 0 N–H and O–H groups in total. The highest BCUT2D eigenvalue weighted by Gasteiger charge is 2.33. The molecule has 0 bridgehead atoms.